The highest BCUT2D eigenvalue weighted by molar-refractivity contribution is 6.01. The van der Waals surface area contributed by atoms with E-state index in [-0.39, 0.29) is 39.8 Å². The zero-order chi connectivity index (χ0) is 32.4. The predicted molar refractivity (Wildman–Crippen MR) is 164 cm³/mol. The predicted octanol–water partition coefficient (Wildman–Crippen LogP) is 6.63. The van der Waals surface area contributed by atoms with Crippen LogP contribution in [0.5, 0.6) is 5.75 Å². The summed E-state index contributed by atoms with van der Waals surface area (Å²) in [6, 6.07) is 23.0. The van der Waals surface area contributed by atoms with Crippen molar-refractivity contribution in [1.82, 2.24) is 24.8 Å². The number of rotatable bonds is 6. The first-order valence-electron chi connectivity index (χ1n) is 13.7. The van der Waals surface area contributed by atoms with Crippen LogP contribution in [0.3, 0.4) is 0 Å². The summed E-state index contributed by atoms with van der Waals surface area (Å²) in [4.78, 5) is 30.2. The van der Waals surface area contributed by atoms with Gasteiger partial charge in [-0.15, -0.1) is 10.2 Å². The molecule has 0 radical (unpaired) electrons. The summed E-state index contributed by atoms with van der Waals surface area (Å²) in [7, 11) is 0. The van der Waals surface area contributed by atoms with Gasteiger partial charge in [0.25, 0.3) is 0 Å². The summed E-state index contributed by atoms with van der Waals surface area (Å²) in [5, 5.41) is 17.7. The molecule has 3 heterocycles. The number of benzene rings is 3. The van der Waals surface area contributed by atoms with Crippen molar-refractivity contribution in [3.63, 3.8) is 0 Å². The van der Waals surface area contributed by atoms with Crippen LogP contribution in [0.15, 0.2) is 97.2 Å². The largest absolute Gasteiger partial charge is 0.421 e. The number of hydrogen-bond acceptors (Lipinski definition) is 8. The van der Waals surface area contributed by atoms with Crippen molar-refractivity contribution in [2.45, 2.75) is 13.1 Å². The van der Waals surface area contributed by atoms with E-state index in [1.54, 1.807) is 31.2 Å². The molecule has 0 spiro atoms. The number of carbonyl (C=O) groups excluding carboxylic acids is 2. The second-order valence-corrected chi connectivity index (χ2v) is 9.97. The molecule has 0 aliphatic rings. The molecular formula is C32H23F3N8O3. The number of ether oxygens (including phenoxy) is 1. The van der Waals surface area contributed by atoms with Crippen molar-refractivity contribution in [2.75, 3.05) is 16.4 Å². The van der Waals surface area contributed by atoms with E-state index < -0.39 is 23.7 Å². The summed E-state index contributed by atoms with van der Waals surface area (Å²) in [5.74, 6) is -0.846. The van der Waals surface area contributed by atoms with Crippen LogP contribution in [-0.4, -0.2) is 36.8 Å². The Labute approximate surface area is 258 Å². The lowest BCUT2D eigenvalue weighted by Gasteiger charge is -2.13. The Kier molecular flexibility index (Phi) is 7.76. The van der Waals surface area contributed by atoms with Gasteiger partial charge in [-0.05, 0) is 48.9 Å². The minimum atomic E-state index is -4.54. The van der Waals surface area contributed by atoms with Gasteiger partial charge in [-0.2, -0.15) is 22.8 Å². The third-order valence-corrected chi connectivity index (χ3v) is 6.87. The van der Waals surface area contributed by atoms with Crippen molar-refractivity contribution < 1.29 is 27.5 Å². The van der Waals surface area contributed by atoms with Crippen LogP contribution in [0, 0.1) is 6.92 Å². The Balaban J connectivity index is 1.19. The normalized spacial score (nSPS) is 11.3. The van der Waals surface area contributed by atoms with Gasteiger partial charge >= 0.3 is 18.2 Å². The molecule has 14 heteroatoms. The number of carbonyl (C=O) groups is 2. The van der Waals surface area contributed by atoms with Gasteiger partial charge in [-0.1, -0.05) is 54.6 Å². The highest BCUT2D eigenvalue weighted by Crippen LogP contribution is 2.35. The lowest BCUT2D eigenvalue weighted by atomic mass is 10.0. The van der Waals surface area contributed by atoms with Crippen molar-refractivity contribution in [2.24, 2.45) is 0 Å². The molecule has 2 amide bonds. The SMILES string of the molecule is Cc1nn2c(N)c(C(=O)Oc3ccccc3NC(=O)Nc3ccc(-c4ccccc4)nn3)cnc2c1-c1cccc(C(F)(F)F)c1. The summed E-state index contributed by atoms with van der Waals surface area (Å²) in [6.07, 6.45) is -3.38. The van der Waals surface area contributed by atoms with Crippen LogP contribution in [-0.2, 0) is 6.18 Å². The number of aryl methyl sites for hydroxylation is 1. The van der Waals surface area contributed by atoms with Crippen molar-refractivity contribution in [3.05, 3.63) is 114 Å². The van der Waals surface area contributed by atoms with E-state index in [1.807, 2.05) is 30.3 Å². The third-order valence-electron chi connectivity index (χ3n) is 6.87. The molecule has 0 saturated carbocycles. The van der Waals surface area contributed by atoms with Gasteiger partial charge in [0.15, 0.2) is 17.2 Å². The Bertz CT molecular complexity index is 2080. The number of amides is 2. The molecule has 46 heavy (non-hydrogen) atoms. The fraction of sp³-hybridized carbons (Fsp3) is 0.0625. The van der Waals surface area contributed by atoms with E-state index >= 15 is 0 Å². The Morgan fingerprint density at radius 3 is 2.35 bits per heavy atom. The molecule has 3 aromatic heterocycles. The molecule has 0 saturated heterocycles. The smallest absolute Gasteiger partial charge is 0.416 e. The number of aromatic nitrogens is 5. The molecule has 0 aliphatic heterocycles. The number of urea groups is 1. The maximum atomic E-state index is 13.3. The first-order chi connectivity index (χ1) is 22.1. The molecule has 0 fully saturated rings. The number of para-hydroxylation sites is 2. The average Bonchev–Trinajstić information content (AvgIpc) is 3.39. The average molecular weight is 625 g/mol. The Hall–Kier alpha value is -6.31. The summed E-state index contributed by atoms with van der Waals surface area (Å²) in [5.41, 5.74) is 8.03. The van der Waals surface area contributed by atoms with Gasteiger partial charge in [-0.25, -0.2) is 14.6 Å². The maximum absolute atomic E-state index is 13.3. The summed E-state index contributed by atoms with van der Waals surface area (Å²) < 4.78 is 46.7. The topological polar surface area (TPSA) is 149 Å². The molecule has 0 atom stereocenters. The number of nitrogen functional groups attached to an aromatic ring is 1. The van der Waals surface area contributed by atoms with Crippen molar-refractivity contribution in [3.8, 4) is 28.1 Å². The quantitative estimate of drug-likeness (QED) is 0.138. The number of nitrogens with zero attached hydrogens (tertiary/aromatic N) is 5. The van der Waals surface area contributed by atoms with Gasteiger partial charge in [-0.3, -0.25) is 5.32 Å². The second-order valence-electron chi connectivity index (χ2n) is 9.97. The van der Waals surface area contributed by atoms with Crippen LogP contribution in [0.2, 0.25) is 0 Å². The van der Waals surface area contributed by atoms with E-state index in [9.17, 15) is 22.8 Å². The Morgan fingerprint density at radius 2 is 1.61 bits per heavy atom. The summed E-state index contributed by atoms with van der Waals surface area (Å²) >= 11 is 0. The minimum absolute atomic E-state index is 0.00829. The van der Waals surface area contributed by atoms with Gasteiger partial charge in [0.2, 0.25) is 0 Å². The van der Waals surface area contributed by atoms with Crippen LogP contribution in [0.4, 0.5) is 35.3 Å². The van der Waals surface area contributed by atoms with Gasteiger partial charge < -0.3 is 15.8 Å². The number of nitrogens with one attached hydrogen (secondary N) is 2. The summed E-state index contributed by atoms with van der Waals surface area (Å²) in [6.45, 7) is 1.60. The number of alkyl halides is 3. The zero-order valence-corrected chi connectivity index (χ0v) is 23.9. The lowest BCUT2D eigenvalue weighted by Crippen LogP contribution is -2.21. The molecule has 11 nitrogen and oxygen atoms in total. The second kappa shape index (κ2) is 12.0. The maximum Gasteiger partial charge on any atom is 0.416 e. The highest BCUT2D eigenvalue weighted by atomic mass is 19.4. The van der Waals surface area contributed by atoms with E-state index in [0.717, 1.165) is 23.9 Å². The van der Waals surface area contributed by atoms with E-state index in [0.29, 0.717) is 17.0 Å². The minimum Gasteiger partial charge on any atom is -0.421 e. The molecule has 230 valence electrons. The third kappa shape index (κ3) is 6.04. The first kappa shape index (κ1) is 29.7. The first-order valence-corrected chi connectivity index (χ1v) is 13.7. The number of nitrogens with two attached hydrogens (primary N) is 1. The molecule has 3 aromatic carbocycles. The number of anilines is 3. The molecule has 6 rings (SSSR count). The van der Waals surface area contributed by atoms with Crippen LogP contribution < -0.4 is 21.1 Å². The fourth-order valence-electron chi connectivity index (χ4n) is 4.70. The van der Waals surface area contributed by atoms with Crippen LogP contribution in [0.1, 0.15) is 21.6 Å². The van der Waals surface area contributed by atoms with Crippen molar-refractivity contribution in [1.29, 1.82) is 0 Å². The van der Waals surface area contributed by atoms with Gasteiger partial charge in [0, 0.05) is 17.3 Å². The monoisotopic (exact) mass is 624 g/mol. The lowest BCUT2D eigenvalue weighted by molar-refractivity contribution is -0.137. The number of fused-ring (bicyclic) bond motifs is 1. The van der Waals surface area contributed by atoms with E-state index in [1.165, 1.54) is 28.8 Å². The van der Waals surface area contributed by atoms with E-state index in [4.69, 9.17) is 10.5 Å². The van der Waals surface area contributed by atoms with Crippen LogP contribution >= 0.6 is 0 Å². The zero-order valence-electron chi connectivity index (χ0n) is 23.9. The molecule has 0 bridgehead atoms. The molecule has 0 unspecified atom stereocenters. The standard InChI is InChI=1S/C32H23F3N8O3/c1-18-27(20-10-7-11-21(16-20)32(33,34)35)29-37-17-22(28(36)43(29)42-18)30(44)46-25-13-6-5-12-24(25)38-31(45)39-26-15-14-23(40-41-26)19-8-3-2-4-9-19/h2-17H,36H2,1H3,(H2,38,39,41,45). The van der Waals surface area contributed by atoms with Gasteiger partial charge in [0.1, 0.15) is 11.4 Å². The fourth-order valence-corrected chi connectivity index (χ4v) is 4.70. The number of esters is 1. The van der Waals surface area contributed by atoms with Crippen LogP contribution in [0.25, 0.3) is 28.0 Å². The molecular weight excluding hydrogens is 601 g/mol. The number of hydrogen-bond donors (Lipinski definition) is 3. The highest BCUT2D eigenvalue weighted by Gasteiger charge is 2.31. The molecule has 6 aromatic rings. The molecule has 4 N–H and O–H groups in total. The van der Waals surface area contributed by atoms with E-state index in [2.05, 4.69) is 30.9 Å². The Morgan fingerprint density at radius 1 is 0.870 bits per heavy atom. The van der Waals surface area contributed by atoms with Gasteiger partial charge in [0.05, 0.1) is 22.6 Å². The molecule has 0 aliphatic carbocycles. The van der Waals surface area contributed by atoms with Crippen molar-refractivity contribution >= 4 is 35.0 Å². The number of halogens is 3.